The molecule has 0 aliphatic rings. The second-order valence-corrected chi connectivity index (χ2v) is 15.5. The highest BCUT2D eigenvalue weighted by atomic mass is 32.2. The summed E-state index contributed by atoms with van der Waals surface area (Å²) in [6.07, 6.45) is 19.5. The Balaban J connectivity index is 4.97. The molecule has 0 rings (SSSR count). The number of thioether (sulfide) groups is 1. The van der Waals surface area contributed by atoms with E-state index in [-0.39, 0.29) is 5.97 Å². The first-order valence-corrected chi connectivity index (χ1v) is 19.0. The van der Waals surface area contributed by atoms with Gasteiger partial charge in [-0.05, 0) is 51.7 Å². The summed E-state index contributed by atoms with van der Waals surface area (Å²) in [6, 6.07) is 0.817. The molecule has 0 aliphatic carbocycles. The Bertz CT molecular complexity index is 496. The Labute approximate surface area is 242 Å². The third-order valence-corrected chi connectivity index (χ3v) is 11.1. The molecule has 0 N–H and O–H groups in total. The van der Waals surface area contributed by atoms with Crippen molar-refractivity contribution in [2.45, 2.75) is 161 Å². The fourth-order valence-electron chi connectivity index (χ4n) is 4.15. The normalized spacial score (nSPS) is 12.3. The lowest BCUT2D eigenvalue weighted by molar-refractivity contribution is -0.145. The van der Waals surface area contributed by atoms with Gasteiger partial charge in [0.05, 0.1) is 6.61 Å². The van der Waals surface area contributed by atoms with Gasteiger partial charge in [-0.25, -0.2) is 0 Å². The van der Waals surface area contributed by atoms with Crippen LogP contribution in [-0.4, -0.2) is 51.7 Å². The molecule has 7 heteroatoms. The van der Waals surface area contributed by atoms with Crippen molar-refractivity contribution in [2.75, 3.05) is 32.2 Å². The van der Waals surface area contributed by atoms with Crippen LogP contribution < -0.4 is 0 Å². The molecule has 0 fully saturated rings. The van der Waals surface area contributed by atoms with Crippen LogP contribution in [0.4, 0.5) is 0 Å². The number of rotatable bonds is 29. The topological polar surface area (TPSA) is 54.0 Å². The van der Waals surface area contributed by atoms with Crippen LogP contribution in [0.1, 0.15) is 151 Å². The summed E-state index contributed by atoms with van der Waals surface area (Å²) in [6.45, 7) is 15.6. The predicted molar refractivity (Wildman–Crippen MR) is 167 cm³/mol. The fraction of sp³-hybridized carbons (Fsp3) is 0.968. The molecule has 0 aliphatic heterocycles. The third-order valence-electron chi connectivity index (χ3n) is 6.77. The van der Waals surface area contributed by atoms with Gasteiger partial charge in [0.15, 0.2) is 0 Å². The average molecular weight is 577 g/mol. The molecule has 0 aromatic rings. The number of carbonyl (C=O) groups is 1. The monoisotopic (exact) mass is 576 g/mol. The number of hydrogen-bond acceptors (Lipinski definition) is 6. The van der Waals surface area contributed by atoms with Crippen LogP contribution >= 0.6 is 11.8 Å². The second-order valence-electron chi connectivity index (χ2n) is 11.1. The van der Waals surface area contributed by atoms with Gasteiger partial charge in [-0.15, -0.1) is 11.8 Å². The lowest BCUT2D eigenvalue weighted by Crippen LogP contribution is -2.47. The van der Waals surface area contributed by atoms with E-state index < -0.39 is 13.6 Å². The highest BCUT2D eigenvalue weighted by molar-refractivity contribution is 8.01. The second kappa shape index (κ2) is 25.9. The van der Waals surface area contributed by atoms with E-state index in [0.29, 0.717) is 6.61 Å². The van der Waals surface area contributed by atoms with Gasteiger partial charge in [0.2, 0.25) is 0 Å². The van der Waals surface area contributed by atoms with Crippen LogP contribution in [0.2, 0.25) is 6.04 Å². The lowest BCUT2D eigenvalue weighted by atomic mass is 10.2. The summed E-state index contributed by atoms with van der Waals surface area (Å²) in [4.78, 5) is 12.7. The summed E-state index contributed by atoms with van der Waals surface area (Å²) in [5, 5.41) is 0. The molecule has 0 heterocycles. The van der Waals surface area contributed by atoms with Crippen molar-refractivity contribution in [3.63, 3.8) is 0 Å². The van der Waals surface area contributed by atoms with E-state index in [1.807, 2.05) is 13.8 Å². The quantitative estimate of drug-likeness (QED) is 0.0502. The van der Waals surface area contributed by atoms with Crippen LogP contribution in [-0.2, 0) is 22.8 Å². The molecule has 0 unspecified atom stereocenters. The number of esters is 1. The van der Waals surface area contributed by atoms with Crippen molar-refractivity contribution in [1.82, 2.24) is 0 Å². The van der Waals surface area contributed by atoms with Crippen LogP contribution in [0.15, 0.2) is 0 Å². The highest BCUT2D eigenvalue weighted by Gasteiger charge is 2.41. The fourth-order valence-corrected chi connectivity index (χ4v) is 8.04. The number of hydrogen-bond donors (Lipinski definition) is 0. The number of carbonyl (C=O) groups excluding carboxylic acids is 1. The van der Waals surface area contributed by atoms with E-state index in [9.17, 15) is 4.79 Å². The van der Waals surface area contributed by atoms with Crippen LogP contribution in [0.3, 0.4) is 0 Å². The maximum atomic E-state index is 12.7. The molecule has 0 bridgehead atoms. The van der Waals surface area contributed by atoms with Gasteiger partial charge in [-0.2, -0.15) is 0 Å². The van der Waals surface area contributed by atoms with Crippen molar-refractivity contribution in [1.29, 1.82) is 0 Å². The van der Waals surface area contributed by atoms with Crippen LogP contribution in [0.25, 0.3) is 0 Å². The van der Waals surface area contributed by atoms with E-state index in [1.54, 1.807) is 11.8 Å². The Kier molecular flexibility index (Phi) is 25.8. The van der Waals surface area contributed by atoms with Gasteiger partial charge >= 0.3 is 14.8 Å². The number of unbranched alkanes of at least 4 members (excludes halogenated alkanes) is 12. The minimum atomic E-state index is -2.76. The first kappa shape index (κ1) is 37.9. The third kappa shape index (κ3) is 20.8. The Morgan fingerprint density at radius 3 is 1.37 bits per heavy atom. The maximum absolute atomic E-state index is 12.7. The lowest BCUT2D eigenvalue weighted by Gasteiger charge is -2.30. The van der Waals surface area contributed by atoms with Crippen molar-refractivity contribution >= 4 is 26.5 Å². The zero-order valence-electron chi connectivity index (χ0n) is 26.2. The Morgan fingerprint density at radius 1 is 0.579 bits per heavy atom. The molecule has 0 atom stereocenters. The van der Waals surface area contributed by atoms with Crippen LogP contribution in [0, 0.1) is 0 Å². The summed E-state index contributed by atoms with van der Waals surface area (Å²) in [5.74, 6) is 0.763. The highest BCUT2D eigenvalue weighted by Crippen LogP contribution is 2.29. The maximum Gasteiger partial charge on any atom is 0.500 e. The molecule has 0 aromatic carbocycles. The van der Waals surface area contributed by atoms with Crippen molar-refractivity contribution in [3.05, 3.63) is 0 Å². The predicted octanol–water partition coefficient (Wildman–Crippen LogP) is 9.74. The average Bonchev–Trinajstić information content (AvgIpc) is 2.90. The van der Waals surface area contributed by atoms with E-state index in [0.717, 1.165) is 70.1 Å². The molecular formula is C31H64O5SSi. The van der Waals surface area contributed by atoms with Crippen molar-refractivity contribution in [2.24, 2.45) is 0 Å². The van der Waals surface area contributed by atoms with Gasteiger partial charge < -0.3 is 18.0 Å². The molecule has 0 spiro atoms. The molecule has 5 nitrogen and oxygen atoms in total. The van der Waals surface area contributed by atoms with Crippen molar-refractivity contribution < 1.29 is 22.8 Å². The van der Waals surface area contributed by atoms with Gasteiger partial charge in [0, 0.05) is 25.9 Å². The Morgan fingerprint density at radius 2 is 0.974 bits per heavy atom. The zero-order valence-corrected chi connectivity index (χ0v) is 28.0. The van der Waals surface area contributed by atoms with Gasteiger partial charge in [-0.1, -0.05) is 105 Å². The molecule has 38 heavy (non-hydrogen) atoms. The minimum Gasteiger partial charge on any atom is -0.465 e. The Hall–Kier alpha value is -0.0831. The molecule has 0 radical (unpaired) electrons. The smallest absolute Gasteiger partial charge is 0.465 e. The first-order chi connectivity index (χ1) is 18.4. The molecule has 0 amide bonds. The standard InChI is InChI=1S/C31H64O5SSi/c1-7-11-15-19-24-33-30(32)31(5,6)37-28-23-29-38(34-25-20-16-12-8-2,35-26-21-17-13-9-3)36-27-22-18-14-10-4/h7-29H2,1-6H3. The van der Waals surface area contributed by atoms with Gasteiger partial charge in [0.25, 0.3) is 0 Å². The SMILES string of the molecule is CCCCCCOC(=O)C(C)(C)SCCC[Si](OCCCCCC)(OCCCCCC)OCCCCCC. The van der Waals surface area contributed by atoms with E-state index in [1.165, 1.54) is 70.6 Å². The molecule has 0 aromatic heterocycles. The summed E-state index contributed by atoms with van der Waals surface area (Å²) < 4.78 is 24.7. The molecule has 0 saturated carbocycles. The summed E-state index contributed by atoms with van der Waals surface area (Å²) in [5.41, 5.74) is 0. The zero-order chi connectivity index (χ0) is 28.4. The molecular weight excluding hydrogens is 512 g/mol. The van der Waals surface area contributed by atoms with E-state index >= 15 is 0 Å². The summed E-state index contributed by atoms with van der Waals surface area (Å²) >= 11 is 1.68. The van der Waals surface area contributed by atoms with Crippen LogP contribution in [0.5, 0.6) is 0 Å². The van der Waals surface area contributed by atoms with E-state index in [2.05, 4.69) is 27.7 Å². The van der Waals surface area contributed by atoms with Crippen molar-refractivity contribution in [3.8, 4) is 0 Å². The largest absolute Gasteiger partial charge is 0.500 e. The van der Waals surface area contributed by atoms with Gasteiger partial charge in [-0.3, -0.25) is 4.79 Å². The van der Waals surface area contributed by atoms with Gasteiger partial charge in [0.1, 0.15) is 4.75 Å². The minimum absolute atomic E-state index is 0.103. The number of ether oxygens (including phenoxy) is 1. The first-order valence-electron chi connectivity index (χ1n) is 16.1. The molecule has 228 valence electrons. The van der Waals surface area contributed by atoms with E-state index in [4.69, 9.17) is 18.0 Å². The molecule has 0 saturated heterocycles. The summed E-state index contributed by atoms with van der Waals surface area (Å²) in [7, 11) is -2.76.